The van der Waals surface area contributed by atoms with E-state index in [1.165, 1.54) is 12.8 Å². The monoisotopic (exact) mass is 256 g/mol. The van der Waals surface area contributed by atoms with E-state index in [4.69, 9.17) is 34.8 Å². The summed E-state index contributed by atoms with van der Waals surface area (Å²) in [4.78, 5) is 0. The quantitative estimate of drug-likeness (QED) is 0.559. The van der Waals surface area contributed by atoms with Gasteiger partial charge >= 0.3 is 0 Å². The molecule has 0 saturated heterocycles. The zero-order valence-corrected chi connectivity index (χ0v) is 10.2. The van der Waals surface area contributed by atoms with Crippen LogP contribution in [0, 0.1) is 5.92 Å². The maximum atomic E-state index is 9.78. The third-order valence-corrected chi connectivity index (χ3v) is 3.20. The number of halogens is 3. The molecule has 0 aliphatic heterocycles. The van der Waals surface area contributed by atoms with Crippen molar-refractivity contribution in [2.45, 2.75) is 42.0 Å². The molecule has 0 bridgehead atoms. The first kappa shape index (κ1) is 12.6. The van der Waals surface area contributed by atoms with E-state index in [1.54, 1.807) is 0 Å². The molecule has 0 aromatic rings. The molecule has 0 aromatic heterocycles. The van der Waals surface area contributed by atoms with Gasteiger partial charge in [0, 0.05) is 5.92 Å². The number of aliphatic hydroxyl groups excluding tert-OH is 1. The van der Waals surface area contributed by atoms with Crippen molar-refractivity contribution in [3.05, 3.63) is 12.2 Å². The van der Waals surface area contributed by atoms with Crippen molar-refractivity contribution < 1.29 is 5.11 Å². The van der Waals surface area contributed by atoms with Gasteiger partial charge in [-0.1, -0.05) is 59.8 Å². The zero-order chi connectivity index (χ0) is 10.6. The fourth-order valence-electron chi connectivity index (χ4n) is 1.69. The molecule has 1 rings (SSSR count). The topological polar surface area (TPSA) is 20.2 Å². The van der Waals surface area contributed by atoms with Gasteiger partial charge in [-0.05, 0) is 19.3 Å². The lowest BCUT2D eigenvalue weighted by Gasteiger charge is -2.26. The van der Waals surface area contributed by atoms with Gasteiger partial charge in [0.15, 0.2) is 0 Å². The SMILES string of the molecule is OC(C1/C=C\CCCCC1)C(Cl)(Cl)Cl. The molecule has 0 heterocycles. The Labute approximate surface area is 100 Å². The van der Waals surface area contributed by atoms with Crippen LogP contribution in [0.5, 0.6) is 0 Å². The summed E-state index contributed by atoms with van der Waals surface area (Å²) in [5.41, 5.74) is 0. The van der Waals surface area contributed by atoms with Gasteiger partial charge in [-0.25, -0.2) is 0 Å². The van der Waals surface area contributed by atoms with E-state index in [-0.39, 0.29) is 5.92 Å². The summed E-state index contributed by atoms with van der Waals surface area (Å²) < 4.78 is -1.58. The minimum Gasteiger partial charge on any atom is -0.388 e. The number of allylic oxidation sites excluding steroid dienone is 1. The smallest absolute Gasteiger partial charge is 0.216 e. The fourth-order valence-corrected chi connectivity index (χ4v) is 2.18. The third kappa shape index (κ3) is 3.98. The van der Waals surface area contributed by atoms with E-state index in [0.717, 1.165) is 19.3 Å². The molecule has 0 radical (unpaired) electrons. The molecule has 14 heavy (non-hydrogen) atoms. The lowest BCUT2D eigenvalue weighted by atomic mass is 9.92. The lowest BCUT2D eigenvalue weighted by Crippen LogP contribution is -2.32. The second-order valence-corrected chi connectivity index (χ2v) is 6.09. The normalized spacial score (nSPS) is 29.0. The summed E-state index contributed by atoms with van der Waals surface area (Å²) in [6, 6.07) is 0. The van der Waals surface area contributed by atoms with Crippen LogP contribution in [0.3, 0.4) is 0 Å². The maximum absolute atomic E-state index is 9.78. The largest absolute Gasteiger partial charge is 0.388 e. The summed E-state index contributed by atoms with van der Waals surface area (Å²) in [5, 5.41) is 9.78. The summed E-state index contributed by atoms with van der Waals surface area (Å²) in [6.45, 7) is 0. The second-order valence-electron chi connectivity index (χ2n) is 3.72. The average Bonchev–Trinajstić information content (AvgIpc) is 2.00. The predicted octanol–water partition coefficient (Wildman–Crippen LogP) is 3.85. The molecule has 2 atom stereocenters. The van der Waals surface area contributed by atoms with Crippen LogP contribution >= 0.6 is 34.8 Å². The van der Waals surface area contributed by atoms with Gasteiger partial charge < -0.3 is 5.11 Å². The molecule has 1 nitrogen and oxygen atoms in total. The van der Waals surface area contributed by atoms with Gasteiger partial charge in [0.1, 0.15) is 6.10 Å². The van der Waals surface area contributed by atoms with Crippen LogP contribution in [0.25, 0.3) is 0 Å². The number of hydrogen-bond donors (Lipinski definition) is 1. The van der Waals surface area contributed by atoms with E-state index < -0.39 is 9.90 Å². The molecule has 4 heteroatoms. The first-order chi connectivity index (χ1) is 6.52. The Hall–Kier alpha value is 0.570. The van der Waals surface area contributed by atoms with Crippen LogP contribution in [0.4, 0.5) is 0 Å². The van der Waals surface area contributed by atoms with Crippen LogP contribution in [-0.4, -0.2) is 15.0 Å². The predicted molar refractivity (Wildman–Crippen MR) is 62.0 cm³/mol. The Kier molecular flexibility index (Phi) is 5.05. The van der Waals surface area contributed by atoms with Gasteiger partial charge in [-0.15, -0.1) is 0 Å². The van der Waals surface area contributed by atoms with Crippen molar-refractivity contribution in [1.82, 2.24) is 0 Å². The zero-order valence-electron chi connectivity index (χ0n) is 7.93. The minimum atomic E-state index is -1.58. The molecule has 0 spiro atoms. The Bertz CT molecular complexity index is 198. The van der Waals surface area contributed by atoms with E-state index >= 15 is 0 Å². The van der Waals surface area contributed by atoms with Gasteiger partial charge in [-0.2, -0.15) is 0 Å². The molecule has 0 amide bonds. The molecule has 0 fully saturated rings. The van der Waals surface area contributed by atoms with Crippen molar-refractivity contribution in [1.29, 1.82) is 0 Å². The first-order valence-corrected chi connectivity index (χ1v) is 6.06. The third-order valence-electron chi connectivity index (χ3n) is 2.53. The molecule has 1 aliphatic carbocycles. The van der Waals surface area contributed by atoms with E-state index in [0.29, 0.717) is 0 Å². The highest BCUT2D eigenvalue weighted by atomic mass is 35.6. The fraction of sp³-hybridized carbons (Fsp3) is 0.800. The van der Waals surface area contributed by atoms with Crippen LogP contribution in [-0.2, 0) is 0 Å². The average molecular weight is 258 g/mol. The summed E-state index contributed by atoms with van der Waals surface area (Å²) >= 11 is 17.0. The molecule has 0 aromatic carbocycles. The van der Waals surface area contributed by atoms with Gasteiger partial charge in [0.2, 0.25) is 3.79 Å². The van der Waals surface area contributed by atoms with Crippen LogP contribution < -0.4 is 0 Å². The Balaban J connectivity index is 2.59. The number of hydrogen-bond acceptors (Lipinski definition) is 1. The highest BCUT2D eigenvalue weighted by Gasteiger charge is 2.35. The Morgan fingerprint density at radius 2 is 1.93 bits per heavy atom. The van der Waals surface area contributed by atoms with Crippen molar-refractivity contribution in [3.63, 3.8) is 0 Å². The van der Waals surface area contributed by atoms with Crippen molar-refractivity contribution in [2.24, 2.45) is 5.92 Å². The van der Waals surface area contributed by atoms with Gasteiger partial charge in [0.05, 0.1) is 0 Å². The molecular weight excluding hydrogens is 242 g/mol. The standard InChI is InChI=1S/C10H15Cl3O/c11-10(12,13)9(14)8-6-4-2-1-3-5-7-8/h4,6,8-9,14H,1-3,5,7H2/b6-4-. The summed E-state index contributed by atoms with van der Waals surface area (Å²) in [5.74, 6) is -0.0252. The van der Waals surface area contributed by atoms with Crippen molar-refractivity contribution >= 4 is 34.8 Å². The van der Waals surface area contributed by atoms with Gasteiger partial charge in [0.25, 0.3) is 0 Å². The van der Waals surface area contributed by atoms with Crippen LogP contribution in [0.15, 0.2) is 12.2 Å². The Morgan fingerprint density at radius 1 is 1.21 bits per heavy atom. The van der Waals surface area contributed by atoms with E-state index in [2.05, 4.69) is 6.08 Å². The number of alkyl halides is 3. The molecular formula is C10H15Cl3O. The van der Waals surface area contributed by atoms with Crippen LogP contribution in [0.2, 0.25) is 0 Å². The lowest BCUT2D eigenvalue weighted by molar-refractivity contribution is 0.127. The molecule has 1 N–H and O–H groups in total. The number of aliphatic hydroxyl groups is 1. The summed E-state index contributed by atoms with van der Waals surface area (Å²) in [7, 11) is 0. The van der Waals surface area contributed by atoms with E-state index in [1.807, 2.05) is 6.08 Å². The highest BCUT2D eigenvalue weighted by molar-refractivity contribution is 6.68. The van der Waals surface area contributed by atoms with Crippen molar-refractivity contribution in [3.8, 4) is 0 Å². The minimum absolute atomic E-state index is 0.0252. The van der Waals surface area contributed by atoms with Crippen LogP contribution in [0.1, 0.15) is 32.1 Å². The Morgan fingerprint density at radius 3 is 2.57 bits per heavy atom. The molecule has 2 unspecified atom stereocenters. The number of rotatable bonds is 1. The van der Waals surface area contributed by atoms with E-state index in [9.17, 15) is 5.11 Å². The second kappa shape index (κ2) is 5.60. The highest BCUT2D eigenvalue weighted by Crippen LogP contribution is 2.36. The first-order valence-electron chi connectivity index (χ1n) is 4.93. The maximum Gasteiger partial charge on any atom is 0.216 e. The molecule has 1 aliphatic rings. The summed E-state index contributed by atoms with van der Waals surface area (Å²) in [6.07, 6.45) is 8.60. The van der Waals surface area contributed by atoms with Crippen molar-refractivity contribution in [2.75, 3.05) is 0 Å². The van der Waals surface area contributed by atoms with Gasteiger partial charge in [-0.3, -0.25) is 0 Å². The molecule has 82 valence electrons. The molecule has 0 saturated carbocycles.